The fraction of sp³-hybridized carbons (Fsp3) is 0.500. The Hall–Kier alpha value is -0.321. The van der Waals surface area contributed by atoms with Gasteiger partial charge >= 0.3 is 34.1 Å². The van der Waals surface area contributed by atoms with E-state index >= 15 is 0 Å². The maximum absolute atomic E-state index is 11.6. The van der Waals surface area contributed by atoms with Crippen LogP contribution in [0.2, 0.25) is 0 Å². The summed E-state index contributed by atoms with van der Waals surface area (Å²) in [6.45, 7) is -1.08. The number of phosphoric ester groups is 1. The van der Waals surface area contributed by atoms with Crippen LogP contribution in [0.1, 0.15) is 6.23 Å². The van der Waals surface area contributed by atoms with Crippen molar-refractivity contribution in [2.24, 2.45) is 0 Å². The molecule has 2 unspecified atom stereocenters. The zero-order valence-electron chi connectivity index (χ0n) is 15.5. The number of rotatable bonds is 8. The summed E-state index contributed by atoms with van der Waals surface area (Å²) in [4.78, 5) is 54.9. The number of ether oxygens (including phenoxy) is 1. The fourth-order valence-corrected chi connectivity index (χ4v) is 5.47. The number of aliphatic hydroxyl groups excluding tert-OH is 2. The largest absolute Gasteiger partial charge is 2.00 e. The van der Waals surface area contributed by atoms with Gasteiger partial charge in [-0.15, -0.1) is 0 Å². The van der Waals surface area contributed by atoms with Gasteiger partial charge in [0.1, 0.15) is 30.2 Å². The van der Waals surface area contributed by atoms with Crippen molar-refractivity contribution < 1.29 is 95.5 Å². The SMILES string of the molecule is Nc1ncnc2c1ncn2[C@@H]1O[C@H](COP(=O)([O-])OP(=O)([O-])OP(=O)([O-])[O-])[C@@H](O)[C@H]1O.[Mn+2].[Mn+2]. The van der Waals surface area contributed by atoms with Gasteiger partial charge in [-0.3, -0.25) is 18.0 Å². The molecule has 0 aromatic carbocycles. The predicted octanol–water partition coefficient (Wildman–Crippen LogP) is -4.16. The van der Waals surface area contributed by atoms with Gasteiger partial charge in [-0.05, 0) is 0 Å². The van der Waals surface area contributed by atoms with E-state index in [-0.39, 0.29) is 51.1 Å². The molecule has 0 aliphatic carbocycles. The molecule has 6 atom stereocenters. The van der Waals surface area contributed by atoms with Crippen LogP contribution in [0.3, 0.4) is 0 Å². The van der Waals surface area contributed by atoms with Crippen LogP contribution in [-0.4, -0.2) is 54.7 Å². The predicted molar refractivity (Wildman–Crippen MR) is 86.6 cm³/mol. The van der Waals surface area contributed by atoms with Crippen LogP contribution < -0.4 is 25.3 Å². The van der Waals surface area contributed by atoms with Crippen molar-refractivity contribution in [3.05, 3.63) is 12.7 Å². The van der Waals surface area contributed by atoms with E-state index < -0.39 is 54.6 Å². The summed E-state index contributed by atoms with van der Waals surface area (Å²) in [6.07, 6.45) is -3.99. The summed E-state index contributed by atoms with van der Waals surface area (Å²) in [5, 5.41) is 20.3. The molecule has 23 heteroatoms. The molecule has 0 bridgehead atoms. The molecule has 3 heterocycles. The molecule has 33 heavy (non-hydrogen) atoms. The molecule has 1 aliphatic rings. The van der Waals surface area contributed by atoms with E-state index in [2.05, 4.69) is 28.1 Å². The number of fused-ring (bicyclic) bond motifs is 1. The minimum absolute atomic E-state index is 0. The molecule has 18 nitrogen and oxygen atoms in total. The second-order valence-corrected chi connectivity index (χ2v) is 10.2. The van der Waals surface area contributed by atoms with E-state index in [1.807, 2.05) is 0 Å². The number of phosphoric acid groups is 3. The van der Waals surface area contributed by atoms with Crippen LogP contribution in [0.4, 0.5) is 5.82 Å². The summed E-state index contributed by atoms with van der Waals surface area (Å²) in [6, 6.07) is 0. The van der Waals surface area contributed by atoms with E-state index in [1.165, 1.54) is 4.57 Å². The molecule has 2 aromatic heterocycles. The zero-order valence-corrected chi connectivity index (χ0v) is 20.6. The molecule has 0 amide bonds. The van der Waals surface area contributed by atoms with Gasteiger partial charge in [0.2, 0.25) is 0 Å². The number of nitrogens with zero attached hydrogens (tertiary/aromatic N) is 4. The maximum Gasteiger partial charge on any atom is 2.00 e. The Kier molecular flexibility index (Phi) is 10.4. The molecular formula is C10H12Mn2N5O13P3. The number of imidazole rings is 1. The summed E-state index contributed by atoms with van der Waals surface area (Å²) in [5.74, 6) is 0.0195. The number of hydrogen-bond donors (Lipinski definition) is 3. The number of anilines is 1. The molecule has 3 rings (SSSR count). The van der Waals surface area contributed by atoms with Crippen molar-refractivity contribution in [2.45, 2.75) is 24.5 Å². The van der Waals surface area contributed by atoms with Gasteiger partial charge in [0.25, 0.3) is 15.6 Å². The number of aliphatic hydroxyl groups is 2. The van der Waals surface area contributed by atoms with Crippen LogP contribution >= 0.6 is 23.5 Å². The van der Waals surface area contributed by atoms with Crippen molar-refractivity contribution >= 4 is 40.4 Å². The van der Waals surface area contributed by atoms with Crippen LogP contribution in [-0.2, 0) is 65.7 Å². The molecule has 1 fully saturated rings. The molecule has 2 aromatic rings. The average Bonchev–Trinajstić information content (AvgIpc) is 3.13. The Morgan fingerprint density at radius 1 is 1.03 bits per heavy atom. The van der Waals surface area contributed by atoms with Gasteiger partial charge in [0.15, 0.2) is 17.7 Å². The molecular weight excluding hydrogens is 601 g/mol. The third kappa shape index (κ3) is 7.58. The summed E-state index contributed by atoms with van der Waals surface area (Å²) in [5.41, 5.74) is 5.92. The third-order valence-electron chi connectivity index (χ3n) is 3.80. The first-order valence-electron chi connectivity index (χ1n) is 7.85. The van der Waals surface area contributed by atoms with Gasteiger partial charge in [0.05, 0.1) is 20.8 Å². The van der Waals surface area contributed by atoms with Crippen LogP contribution in [0.5, 0.6) is 0 Å². The standard InChI is InChI=1S/C10H16N5O13P3.2Mn/c11-8-5-9(13-2-12-8)15(3-14-5)10-7(17)6(16)4(26-10)1-25-30(21,22)28-31(23,24)27-29(18,19)20;;/h2-4,6-7,10,16-17H,1H2,(H,21,22)(H,23,24)(H2,11,12,13)(H2,18,19,20);;/q;2*+2/p-4/t4-,6-,7-,10-;;/m1../s1. The van der Waals surface area contributed by atoms with Gasteiger partial charge in [0, 0.05) is 0 Å². The minimum Gasteiger partial charge on any atom is -0.790 e. The zero-order chi connectivity index (χ0) is 23.2. The minimum atomic E-state index is -6.14. The average molecular weight is 613 g/mol. The first kappa shape index (κ1) is 30.7. The van der Waals surface area contributed by atoms with Gasteiger partial charge in [-0.2, -0.15) is 0 Å². The van der Waals surface area contributed by atoms with Crippen LogP contribution in [0.15, 0.2) is 12.7 Å². The Morgan fingerprint density at radius 3 is 2.27 bits per heavy atom. The van der Waals surface area contributed by atoms with E-state index in [0.717, 1.165) is 12.7 Å². The van der Waals surface area contributed by atoms with E-state index in [4.69, 9.17) is 10.5 Å². The Bertz CT molecular complexity index is 1120. The van der Waals surface area contributed by atoms with Crippen molar-refractivity contribution in [3.8, 4) is 0 Å². The van der Waals surface area contributed by atoms with E-state index in [9.17, 15) is 43.5 Å². The fourth-order valence-electron chi connectivity index (χ4n) is 2.60. The Morgan fingerprint density at radius 2 is 1.67 bits per heavy atom. The topological polar surface area (TPSA) is 290 Å². The number of hydrogen-bond acceptors (Lipinski definition) is 17. The molecule has 0 saturated carbocycles. The Balaban J connectivity index is 0.00000272. The van der Waals surface area contributed by atoms with Gasteiger partial charge in [-0.1, -0.05) is 0 Å². The number of aromatic nitrogens is 4. The van der Waals surface area contributed by atoms with Gasteiger partial charge in [-0.25, -0.2) is 19.3 Å². The summed E-state index contributed by atoms with van der Waals surface area (Å²) < 4.78 is 50.2. The van der Waals surface area contributed by atoms with Crippen molar-refractivity contribution in [1.29, 1.82) is 0 Å². The summed E-state index contributed by atoms with van der Waals surface area (Å²) >= 11 is 0. The molecule has 2 radical (unpaired) electrons. The normalized spacial score (nSPS) is 26.7. The van der Waals surface area contributed by atoms with Crippen LogP contribution in [0.25, 0.3) is 11.2 Å². The molecule has 4 N–H and O–H groups in total. The maximum atomic E-state index is 11.6. The first-order valence-corrected chi connectivity index (χ1v) is 12.2. The van der Waals surface area contributed by atoms with Crippen molar-refractivity contribution in [2.75, 3.05) is 12.3 Å². The number of nitrogen functional groups attached to an aromatic ring is 1. The second kappa shape index (κ2) is 11.2. The molecule has 1 saturated heterocycles. The molecule has 1 aliphatic heterocycles. The molecule has 0 spiro atoms. The smallest absolute Gasteiger partial charge is 0.790 e. The quantitative estimate of drug-likeness (QED) is 0.188. The first-order chi connectivity index (χ1) is 14.2. The summed E-state index contributed by atoms with van der Waals surface area (Å²) in [7, 11) is -18.1. The van der Waals surface area contributed by atoms with Crippen LogP contribution in [0, 0.1) is 0 Å². The molecule has 184 valence electrons. The van der Waals surface area contributed by atoms with E-state index in [0.29, 0.717) is 0 Å². The second-order valence-electron chi connectivity index (χ2n) is 5.93. The monoisotopic (exact) mass is 613 g/mol. The van der Waals surface area contributed by atoms with Crippen molar-refractivity contribution in [3.63, 3.8) is 0 Å². The third-order valence-corrected chi connectivity index (χ3v) is 7.46. The van der Waals surface area contributed by atoms with E-state index in [1.54, 1.807) is 0 Å². The van der Waals surface area contributed by atoms with Gasteiger partial charge < -0.3 is 49.3 Å². The van der Waals surface area contributed by atoms with Crippen molar-refractivity contribution in [1.82, 2.24) is 19.5 Å². The number of nitrogens with two attached hydrogens (primary N) is 1. The Labute approximate surface area is 204 Å².